The number of hydrogen-bond donors (Lipinski definition) is 0. The molecule has 0 aliphatic heterocycles. The molecule has 0 N–H and O–H groups in total. The molecule has 0 radical (unpaired) electrons. The lowest BCUT2D eigenvalue weighted by Crippen LogP contribution is -2.41. The summed E-state index contributed by atoms with van der Waals surface area (Å²) in [5, 5.41) is 0.915. The van der Waals surface area contributed by atoms with Gasteiger partial charge in [0.05, 0.1) is 21.3 Å². The van der Waals surface area contributed by atoms with E-state index in [-0.39, 0.29) is 31.3 Å². The lowest BCUT2D eigenvalue weighted by molar-refractivity contribution is -0.171. The average Bonchev–Trinajstić information content (AvgIpc) is 2.91. The van der Waals surface area contributed by atoms with Crippen LogP contribution in [-0.2, 0) is 23.9 Å². The SMILES string of the molecule is CCOC(=O)C1(C(=O)OCC)CC2=C([Si](C)(C)C)C(=O)CC2C1. The van der Waals surface area contributed by atoms with Gasteiger partial charge in [0.1, 0.15) is 0 Å². The lowest BCUT2D eigenvalue weighted by atomic mass is 9.84. The molecule has 1 fully saturated rings. The van der Waals surface area contributed by atoms with Gasteiger partial charge < -0.3 is 9.47 Å². The molecular weight excluding hydrogens is 312 g/mol. The second-order valence-corrected chi connectivity index (χ2v) is 12.4. The van der Waals surface area contributed by atoms with Gasteiger partial charge in [-0.2, -0.15) is 0 Å². The first-order chi connectivity index (χ1) is 10.7. The number of allylic oxidation sites excluding steroid dienone is 2. The van der Waals surface area contributed by atoms with Crippen molar-refractivity contribution in [1.29, 1.82) is 0 Å². The Labute approximate surface area is 138 Å². The molecule has 1 saturated carbocycles. The maximum Gasteiger partial charge on any atom is 0.323 e. The quantitative estimate of drug-likeness (QED) is 0.438. The summed E-state index contributed by atoms with van der Waals surface area (Å²) in [5.41, 5.74) is -0.257. The van der Waals surface area contributed by atoms with Crippen molar-refractivity contribution in [3.8, 4) is 0 Å². The lowest BCUT2D eigenvalue weighted by Gasteiger charge is -2.25. The van der Waals surface area contributed by atoms with Gasteiger partial charge in [-0.15, -0.1) is 0 Å². The molecule has 0 bridgehead atoms. The van der Waals surface area contributed by atoms with E-state index in [1.807, 2.05) is 0 Å². The van der Waals surface area contributed by atoms with Crippen LogP contribution in [-0.4, -0.2) is 39.0 Å². The molecule has 0 spiro atoms. The van der Waals surface area contributed by atoms with Crippen LogP contribution in [0.1, 0.15) is 33.1 Å². The molecule has 2 rings (SSSR count). The van der Waals surface area contributed by atoms with Crippen LogP contribution in [0.15, 0.2) is 10.8 Å². The van der Waals surface area contributed by atoms with Gasteiger partial charge in [-0.1, -0.05) is 25.2 Å². The minimum Gasteiger partial charge on any atom is -0.465 e. The fourth-order valence-corrected chi connectivity index (χ4v) is 6.11. The number of rotatable bonds is 5. The molecule has 0 aromatic heterocycles. The van der Waals surface area contributed by atoms with Gasteiger partial charge in [0.25, 0.3) is 0 Å². The molecule has 2 aliphatic rings. The predicted molar refractivity (Wildman–Crippen MR) is 88.4 cm³/mol. The average molecular weight is 338 g/mol. The molecule has 0 amide bonds. The van der Waals surface area contributed by atoms with Gasteiger partial charge >= 0.3 is 11.9 Å². The van der Waals surface area contributed by atoms with Crippen LogP contribution in [0.5, 0.6) is 0 Å². The van der Waals surface area contributed by atoms with E-state index >= 15 is 0 Å². The third kappa shape index (κ3) is 3.01. The van der Waals surface area contributed by atoms with E-state index in [0.717, 1.165) is 10.8 Å². The molecule has 0 aromatic rings. The van der Waals surface area contributed by atoms with E-state index in [9.17, 15) is 14.4 Å². The van der Waals surface area contributed by atoms with Gasteiger partial charge in [0.2, 0.25) is 0 Å². The topological polar surface area (TPSA) is 69.7 Å². The van der Waals surface area contributed by atoms with E-state index in [1.54, 1.807) is 13.8 Å². The third-order valence-electron chi connectivity index (χ3n) is 4.69. The molecule has 0 saturated heterocycles. The van der Waals surface area contributed by atoms with Crippen molar-refractivity contribution in [2.75, 3.05) is 13.2 Å². The third-order valence-corrected chi connectivity index (χ3v) is 6.79. The zero-order valence-electron chi connectivity index (χ0n) is 14.7. The number of Topliss-reactive ketones (excluding diaryl/α,β-unsaturated/α-hetero) is 1. The fraction of sp³-hybridized carbons (Fsp3) is 0.706. The Morgan fingerprint density at radius 2 is 1.65 bits per heavy atom. The number of ether oxygens (including phenoxy) is 2. The van der Waals surface area contributed by atoms with E-state index in [2.05, 4.69) is 19.6 Å². The first kappa shape index (κ1) is 17.9. The molecule has 1 unspecified atom stereocenters. The summed E-state index contributed by atoms with van der Waals surface area (Å²) in [7, 11) is -1.82. The van der Waals surface area contributed by atoms with Crippen molar-refractivity contribution in [1.82, 2.24) is 0 Å². The number of fused-ring (bicyclic) bond motifs is 1. The van der Waals surface area contributed by atoms with Crippen molar-refractivity contribution in [2.24, 2.45) is 11.3 Å². The highest BCUT2D eigenvalue weighted by Crippen LogP contribution is 2.54. The Bertz CT molecular complexity index is 552. The van der Waals surface area contributed by atoms with Gasteiger partial charge in [0, 0.05) is 6.42 Å². The highest BCUT2D eigenvalue weighted by molar-refractivity contribution is 6.87. The van der Waals surface area contributed by atoms with Crippen molar-refractivity contribution in [3.63, 3.8) is 0 Å². The summed E-state index contributed by atoms with van der Waals surface area (Å²) in [6.45, 7) is 10.3. The second kappa shape index (κ2) is 6.22. The molecule has 23 heavy (non-hydrogen) atoms. The van der Waals surface area contributed by atoms with Crippen molar-refractivity contribution in [2.45, 2.75) is 52.8 Å². The Balaban J connectivity index is 2.46. The van der Waals surface area contributed by atoms with Crippen LogP contribution in [0.4, 0.5) is 0 Å². The molecule has 5 nitrogen and oxygen atoms in total. The zero-order valence-corrected chi connectivity index (χ0v) is 15.7. The molecular formula is C17H26O5Si. The summed E-state index contributed by atoms with van der Waals surface area (Å²) in [5.74, 6) is -0.839. The summed E-state index contributed by atoms with van der Waals surface area (Å²) < 4.78 is 10.3. The van der Waals surface area contributed by atoms with Crippen LogP contribution in [0.25, 0.3) is 0 Å². The number of esters is 2. The smallest absolute Gasteiger partial charge is 0.323 e. The number of carbonyl (C=O) groups excluding carboxylic acids is 3. The molecule has 2 aliphatic carbocycles. The first-order valence-corrected chi connectivity index (χ1v) is 11.8. The van der Waals surface area contributed by atoms with Crippen molar-refractivity contribution in [3.05, 3.63) is 10.8 Å². The monoisotopic (exact) mass is 338 g/mol. The van der Waals surface area contributed by atoms with Crippen LogP contribution >= 0.6 is 0 Å². The minimum atomic E-state index is -1.82. The maximum atomic E-state index is 12.5. The highest BCUT2D eigenvalue weighted by atomic mass is 28.3. The molecule has 1 atom stereocenters. The van der Waals surface area contributed by atoms with Crippen LogP contribution in [0.3, 0.4) is 0 Å². The normalized spacial score (nSPS) is 23.0. The predicted octanol–water partition coefficient (Wildman–Crippen LogP) is 2.66. The van der Waals surface area contributed by atoms with E-state index in [0.29, 0.717) is 12.8 Å². The van der Waals surface area contributed by atoms with Crippen molar-refractivity contribution < 1.29 is 23.9 Å². The second-order valence-electron chi connectivity index (χ2n) is 7.38. The van der Waals surface area contributed by atoms with Crippen LogP contribution in [0.2, 0.25) is 19.6 Å². The first-order valence-electron chi connectivity index (χ1n) is 8.28. The summed E-state index contributed by atoms with van der Waals surface area (Å²) in [6.07, 6.45) is 1.02. The minimum absolute atomic E-state index is 0.0157. The van der Waals surface area contributed by atoms with E-state index in [1.165, 1.54) is 0 Å². The largest absolute Gasteiger partial charge is 0.465 e. The van der Waals surface area contributed by atoms with Crippen LogP contribution < -0.4 is 0 Å². The Kier molecular flexibility index (Phi) is 4.85. The summed E-state index contributed by atoms with van der Waals surface area (Å²) >= 11 is 0. The van der Waals surface area contributed by atoms with Gasteiger partial charge in [-0.25, -0.2) is 0 Å². The number of ketones is 1. The molecule has 128 valence electrons. The van der Waals surface area contributed by atoms with Crippen molar-refractivity contribution >= 4 is 25.8 Å². The summed E-state index contributed by atoms with van der Waals surface area (Å²) in [6, 6.07) is 0. The highest BCUT2D eigenvalue weighted by Gasteiger charge is 2.59. The Morgan fingerprint density at radius 1 is 1.13 bits per heavy atom. The Morgan fingerprint density at radius 3 is 2.09 bits per heavy atom. The van der Waals surface area contributed by atoms with E-state index in [4.69, 9.17) is 9.47 Å². The Hall–Kier alpha value is -1.43. The standard InChI is InChI=1S/C17H26O5Si/c1-6-21-15(19)17(16(20)22-7-2)9-11-8-13(18)14(12(11)10-17)23(3,4)5/h11H,6-10H2,1-5H3. The van der Waals surface area contributed by atoms with Gasteiger partial charge in [-0.3, -0.25) is 14.4 Å². The molecule has 6 heteroatoms. The van der Waals surface area contributed by atoms with E-state index < -0.39 is 25.4 Å². The molecule has 0 heterocycles. The number of carbonyl (C=O) groups is 3. The van der Waals surface area contributed by atoms with Gasteiger partial charge in [-0.05, 0) is 37.8 Å². The molecule has 0 aromatic carbocycles. The fourth-order valence-electron chi connectivity index (χ4n) is 3.91. The van der Waals surface area contributed by atoms with Crippen LogP contribution in [0, 0.1) is 11.3 Å². The van der Waals surface area contributed by atoms with Gasteiger partial charge in [0.15, 0.2) is 11.2 Å². The number of hydrogen-bond acceptors (Lipinski definition) is 5. The summed E-state index contributed by atoms with van der Waals surface area (Å²) in [4.78, 5) is 37.4. The maximum absolute atomic E-state index is 12.5. The zero-order chi connectivity index (χ0) is 17.4.